The van der Waals surface area contributed by atoms with Crippen LogP contribution in [0.4, 0.5) is 5.82 Å². The van der Waals surface area contributed by atoms with E-state index in [1.54, 1.807) is 6.20 Å². The maximum absolute atomic E-state index is 11.5. The maximum Gasteiger partial charge on any atom is 0.331 e. The molecular weight excluding hydrogens is 244 g/mol. The first kappa shape index (κ1) is 11.9. The van der Waals surface area contributed by atoms with Crippen LogP contribution in [0.5, 0.6) is 0 Å². The monoisotopic (exact) mass is 258 g/mol. The van der Waals surface area contributed by atoms with Gasteiger partial charge in [0.15, 0.2) is 5.54 Å². The Morgan fingerprint density at radius 3 is 2.95 bits per heavy atom. The molecule has 5 heteroatoms. The molecule has 0 radical (unpaired) electrons. The number of carbonyl (C=O) groups is 1. The molecule has 1 aromatic heterocycles. The van der Waals surface area contributed by atoms with Gasteiger partial charge in [-0.1, -0.05) is 24.3 Å². The van der Waals surface area contributed by atoms with E-state index in [0.29, 0.717) is 18.8 Å². The summed E-state index contributed by atoms with van der Waals surface area (Å²) in [4.78, 5) is 15.8. The second kappa shape index (κ2) is 4.51. The summed E-state index contributed by atoms with van der Waals surface area (Å²) in [6, 6.07) is 9.65. The van der Waals surface area contributed by atoms with E-state index < -0.39 is 11.5 Å². The summed E-state index contributed by atoms with van der Waals surface area (Å²) in [7, 11) is 0. The number of hydrogen-bond donors (Lipinski definition) is 2. The van der Waals surface area contributed by atoms with Crippen molar-refractivity contribution in [3.8, 4) is 0 Å². The van der Waals surface area contributed by atoms with Crippen LogP contribution in [0, 0.1) is 0 Å². The molecular formula is C14H14N2O3. The third-order valence-electron chi connectivity index (χ3n) is 3.46. The van der Waals surface area contributed by atoms with Crippen molar-refractivity contribution >= 4 is 22.6 Å². The number of pyridine rings is 1. The zero-order valence-electron chi connectivity index (χ0n) is 10.3. The van der Waals surface area contributed by atoms with Crippen molar-refractivity contribution in [3.63, 3.8) is 0 Å². The standard InChI is InChI=1S/C14H14N2O3/c17-13(18)14(6-8-19-9-14)16-12-11-4-2-1-3-10(11)5-7-15-12/h1-5,7H,6,8-9H2,(H,15,16)(H,17,18). The highest BCUT2D eigenvalue weighted by atomic mass is 16.5. The molecule has 2 heterocycles. The molecule has 3 rings (SSSR count). The first-order valence-electron chi connectivity index (χ1n) is 6.14. The van der Waals surface area contributed by atoms with Gasteiger partial charge in [0.05, 0.1) is 6.61 Å². The Bertz CT molecular complexity index is 616. The highest BCUT2D eigenvalue weighted by Gasteiger charge is 2.43. The van der Waals surface area contributed by atoms with E-state index in [0.717, 1.165) is 10.8 Å². The Morgan fingerprint density at radius 2 is 2.21 bits per heavy atom. The topological polar surface area (TPSA) is 71.5 Å². The van der Waals surface area contributed by atoms with E-state index in [1.807, 2.05) is 30.3 Å². The quantitative estimate of drug-likeness (QED) is 0.879. The number of carboxylic acids is 1. The molecule has 1 atom stereocenters. The van der Waals surface area contributed by atoms with Gasteiger partial charge in [0.1, 0.15) is 5.82 Å². The number of aliphatic carboxylic acids is 1. The van der Waals surface area contributed by atoms with Gasteiger partial charge in [0.2, 0.25) is 0 Å². The molecule has 1 aliphatic rings. The summed E-state index contributed by atoms with van der Waals surface area (Å²) < 4.78 is 5.23. The van der Waals surface area contributed by atoms with Crippen molar-refractivity contribution in [2.75, 3.05) is 18.5 Å². The molecule has 1 aliphatic heterocycles. The van der Waals surface area contributed by atoms with E-state index >= 15 is 0 Å². The number of hydrogen-bond acceptors (Lipinski definition) is 4. The number of rotatable bonds is 3. The van der Waals surface area contributed by atoms with E-state index in [1.165, 1.54) is 0 Å². The number of benzene rings is 1. The van der Waals surface area contributed by atoms with Crippen LogP contribution in [0.2, 0.25) is 0 Å². The molecule has 1 unspecified atom stereocenters. The molecule has 1 fully saturated rings. The Hall–Kier alpha value is -2.14. The molecule has 0 saturated carbocycles. The third-order valence-corrected chi connectivity index (χ3v) is 3.46. The number of carboxylic acid groups (broad SMARTS) is 1. The second-order valence-electron chi connectivity index (χ2n) is 4.70. The zero-order valence-corrected chi connectivity index (χ0v) is 10.3. The van der Waals surface area contributed by atoms with Gasteiger partial charge in [0.25, 0.3) is 0 Å². The van der Waals surface area contributed by atoms with E-state index in [-0.39, 0.29) is 6.61 Å². The fraction of sp³-hybridized carbons (Fsp3) is 0.286. The highest BCUT2D eigenvalue weighted by molar-refractivity contribution is 5.94. The van der Waals surface area contributed by atoms with Crippen LogP contribution in [0.3, 0.4) is 0 Å². The number of anilines is 1. The predicted molar refractivity (Wildman–Crippen MR) is 71.2 cm³/mol. The van der Waals surface area contributed by atoms with Crippen molar-refractivity contribution < 1.29 is 14.6 Å². The molecule has 2 aromatic rings. The second-order valence-corrected chi connectivity index (χ2v) is 4.70. The fourth-order valence-electron chi connectivity index (χ4n) is 2.33. The molecule has 98 valence electrons. The van der Waals surface area contributed by atoms with E-state index in [2.05, 4.69) is 10.3 Å². The summed E-state index contributed by atoms with van der Waals surface area (Å²) in [5.74, 6) is -0.314. The first-order valence-corrected chi connectivity index (χ1v) is 6.14. The van der Waals surface area contributed by atoms with Crippen molar-refractivity contribution in [2.45, 2.75) is 12.0 Å². The number of aromatic nitrogens is 1. The highest BCUT2D eigenvalue weighted by Crippen LogP contribution is 2.28. The summed E-state index contributed by atoms with van der Waals surface area (Å²) in [5.41, 5.74) is -1.07. The number of ether oxygens (including phenoxy) is 1. The van der Waals surface area contributed by atoms with Crippen LogP contribution in [-0.4, -0.2) is 34.8 Å². The molecule has 5 nitrogen and oxygen atoms in total. The zero-order chi connectivity index (χ0) is 13.3. The average molecular weight is 258 g/mol. The molecule has 1 saturated heterocycles. The van der Waals surface area contributed by atoms with Gasteiger partial charge in [-0.15, -0.1) is 0 Å². The van der Waals surface area contributed by atoms with E-state index in [4.69, 9.17) is 4.74 Å². The third kappa shape index (κ3) is 2.02. The molecule has 0 amide bonds. The summed E-state index contributed by atoms with van der Waals surface area (Å²) in [6.07, 6.45) is 2.11. The van der Waals surface area contributed by atoms with Crippen LogP contribution in [0.1, 0.15) is 6.42 Å². The molecule has 1 aromatic carbocycles. The lowest BCUT2D eigenvalue weighted by atomic mass is 9.98. The van der Waals surface area contributed by atoms with Crippen molar-refractivity contribution in [3.05, 3.63) is 36.5 Å². The van der Waals surface area contributed by atoms with Crippen LogP contribution >= 0.6 is 0 Å². The van der Waals surface area contributed by atoms with Crippen LogP contribution in [-0.2, 0) is 9.53 Å². The van der Waals surface area contributed by atoms with Gasteiger partial charge < -0.3 is 15.2 Å². The van der Waals surface area contributed by atoms with Crippen molar-refractivity contribution in [1.29, 1.82) is 0 Å². The van der Waals surface area contributed by atoms with Gasteiger partial charge in [-0.05, 0) is 11.5 Å². The fourth-order valence-corrected chi connectivity index (χ4v) is 2.33. The van der Waals surface area contributed by atoms with Crippen molar-refractivity contribution in [2.24, 2.45) is 0 Å². The summed E-state index contributed by atoms with van der Waals surface area (Å²) in [6.45, 7) is 0.608. The minimum absolute atomic E-state index is 0.160. The minimum Gasteiger partial charge on any atom is -0.479 e. The SMILES string of the molecule is O=C(O)C1(Nc2nccc3ccccc23)CCOC1. The summed E-state index contributed by atoms with van der Waals surface area (Å²) in [5, 5.41) is 14.4. The smallest absolute Gasteiger partial charge is 0.331 e. The van der Waals surface area contributed by atoms with Gasteiger partial charge in [-0.2, -0.15) is 0 Å². The predicted octanol–water partition coefficient (Wildman–Crippen LogP) is 1.89. The lowest BCUT2D eigenvalue weighted by Crippen LogP contribution is -2.47. The lowest BCUT2D eigenvalue weighted by Gasteiger charge is -2.25. The minimum atomic E-state index is -1.07. The molecule has 0 spiro atoms. The number of nitrogens with zero attached hydrogens (tertiary/aromatic N) is 1. The normalized spacial score (nSPS) is 22.5. The van der Waals surface area contributed by atoms with Crippen molar-refractivity contribution in [1.82, 2.24) is 4.98 Å². The first-order chi connectivity index (χ1) is 9.21. The molecule has 19 heavy (non-hydrogen) atoms. The number of nitrogens with one attached hydrogen (secondary N) is 1. The van der Waals surface area contributed by atoms with Crippen LogP contribution < -0.4 is 5.32 Å². The van der Waals surface area contributed by atoms with E-state index in [9.17, 15) is 9.90 Å². The Morgan fingerprint density at radius 1 is 1.37 bits per heavy atom. The largest absolute Gasteiger partial charge is 0.479 e. The van der Waals surface area contributed by atoms with Gasteiger partial charge >= 0.3 is 5.97 Å². The molecule has 2 N–H and O–H groups in total. The Kier molecular flexibility index (Phi) is 2.83. The molecule has 0 bridgehead atoms. The summed E-state index contributed by atoms with van der Waals surface area (Å²) >= 11 is 0. The Labute approximate surface area is 110 Å². The van der Waals surface area contributed by atoms with Gasteiger partial charge in [-0.3, -0.25) is 0 Å². The van der Waals surface area contributed by atoms with Gasteiger partial charge in [-0.25, -0.2) is 9.78 Å². The molecule has 0 aliphatic carbocycles. The number of fused-ring (bicyclic) bond motifs is 1. The van der Waals surface area contributed by atoms with Gasteiger partial charge in [0, 0.05) is 24.6 Å². The lowest BCUT2D eigenvalue weighted by molar-refractivity contribution is -0.142. The van der Waals surface area contributed by atoms with Crippen LogP contribution in [0.15, 0.2) is 36.5 Å². The Balaban J connectivity index is 2.03. The maximum atomic E-state index is 11.5. The van der Waals surface area contributed by atoms with Crippen LogP contribution in [0.25, 0.3) is 10.8 Å². The average Bonchev–Trinajstić information content (AvgIpc) is 2.89.